The minimum absolute atomic E-state index is 0.0817. The molecule has 1 saturated heterocycles. The van der Waals surface area contributed by atoms with Gasteiger partial charge in [0.05, 0.1) is 18.0 Å². The molecule has 33 heavy (non-hydrogen) atoms. The summed E-state index contributed by atoms with van der Waals surface area (Å²) in [7, 11) is 2.18. The fourth-order valence-corrected chi connectivity index (χ4v) is 4.84. The Morgan fingerprint density at radius 2 is 2.00 bits per heavy atom. The summed E-state index contributed by atoms with van der Waals surface area (Å²) in [6.45, 7) is 4.44. The number of pyridine rings is 1. The third kappa shape index (κ3) is 4.77. The van der Waals surface area contributed by atoms with Crippen molar-refractivity contribution < 1.29 is 9.53 Å². The fraction of sp³-hybridized carbons (Fsp3) is 0.333. The molecule has 0 bridgehead atoms. The van der Waals surface area contributed by atoms with Crippen molar-refractivity contribution in [1.29, 1.82) is 0 Å². The molecule has 3 heterocycles. The van der Waals surface area contributed by atoms with Crippen molar-refractivity contribution in [2.24, 2.45) is 5.73 Å². The second-order valence-corrected chi connectivity index (χ2v) is 8.98. The van der Waals surface area contributed by atoms with Crippen LogP contribution in [0, 0.1) is 0 Å². The number of carbonyl (C=O) groups is 1. The summed E-state index contributed by atoms with van der Waals surface area (Å²) in [6, 6.07) is 20.2. The van der Waals surface area contributed by atoms with Crippen LogP contribution in [0.3, 0.4) is 0 Å². The molecule has 6 nitrogen and oxygen atoms in total. The average molecular weight is 443 g/mol. The first-order chi connectivity index (χ1) is 16.1. The zero-order valence-corrected chi connectivity index (χ0v) is 19.0. The molecule has 170 valence electrons. The van der Waals surface area contributed by atoms with E-state index in [1.54, 1.807) is 12.1 Å². The number of nitrogens with two attached hydrogens (primary N) is 1. The Labute approximate surface area is 195 Å². The number of hydrogen-bond acceptors (Lipinski definition) is 5. The molecule has 2 aliphatic rings. The number of rotatable bonds is 5. The topological polar surface area (TPSA) is 71.7 Å². The Kier molecular flexibility index (Phi) is 6.11. The normalized spacial score (nSPS) is 18.7. The van der Waals surface area contributed by atoms with Crippen LogP contribution in [0.4, 0.5) is 5.69 Å². The third-order valence-corrected chi connectivity index (χ3v) is 6.59. The van der Waals surface area contributed by atoms with Gasteiger partial charge in [-0.15, -0.1) is 0 Å². The van der Waals surface area contributed by atoms with Gasteiger partial charge < -0.3 is 15.4 Å². The van der Waals surface area contributed by atoms with E-state index in [9.17, 15) is 4.79 Å². The van der Waals surface area contributed by atoms with Gasteiger partial charge in [0.25, 0.3) is 0 Å². The molecule has 1 amide bonds. The highest BCUT2D eigenvalue weighted by Gasteiger charge is 2.24. The standard InChI is InChI=1S/C27H30N4O2/c1-30-12-4-7-21-15-19(10-11-25(21)30)17-31-13-14-33-26(18-31)24-9-3-8-23(29-24)20-5-2-6-22(16-20)27(28)32/h2-3,5-6,8-11,15-16,26H,4,7,12-14,17-18H2,1H3,(H2,28,32). The van der Waals surface area contributed by atoms with Gasteiger partial charge in [-0.25, -0.2) is 0 Å². The van der Waals surface area contributed by atoms with Crippen LogP contribution >= 0.6 is 0 Å². The molecule has 3 aromatic rings. The maximum absolute atomic E-state index is 11.6. The summed E-state index contributed by atoms with van der Waals surface area (Å²) in [5.41, 5.74) is 12.7. The number of hydrogen-bond donors (Lipinski definition) is 1. The lowest BCUT2D eigenvalue weighted by atomic mass is 9.99. The second kappa shape index (κ2) is 9.33. The van der Waals surface area contributed by atoms with E-state index < -0.39 is 5.91 Å². The molecule has 1 aromatic heterocycles. The zero-order valence-electron chi connectivity index (χ0n) is 19.0. The molecule has 0 aliphatic carbocycles. The summed E-state index contributed by atoms with van der Waals surface area (Å²) in [6.07, 6.45) is 2.30. The van der Waals surface area contributed by atoms with Crippen LogP contribution in [0.2, 0.25) is 0 Å². The number of fused-ring (bicyclic) bond motifs is 1. The van der Waals surface area contributed by atoms with E-state index in [4.69, 9.17) is 15.5 Å². The predicted octanol–water partition coefficient (Wildman–Crippen LogP) is 3.80. The van der Waals surface area contributed by atoms with Crippen molar-refractivity contribution in [2.75, 3.05) is 38.2 Å². The fourth-order valence-electron chi connectivity index (χ4n) is 4.84. The molecule has 5 rings (SSSR count). The predicted molar refractivity (Wildman–Crippen MR) is 130 cm³/mol. The van der Waals surface area contributed by atoms with Gasteiger partial charge in [0.1, 0.15) is 6.10 Å². The zero-order chi connectivity index (χ0) is 22.8. The minimum Gasteiger partial charge on any atom is -0.374 e. The van der Waals surface area contributed by atoms with Crippen molar-refractivity contribution in [2.45, 2.75) is 25.5 Å². The highest BCUT2D eigenvalue weighted by molar-refractivity contribution is 5.94. The summed E-state index contributed by atoms with van der Waals surface area (Å²) in [5, 5.41) is 0. The number of ether oxygens (including phenoxy) is 1. The third-order valence-electron chi connectivity index (χ3n) is 6.59. The molecule has 1 fully saturated rings. The van der Waals surface area contributed by atoms with Crippen LogP contribution in [-0.4, -0.2) is 49.1 Å². The Balaban J connectivity index is 1.31. The smallest absolute Gasteiger partial charge is 0.248 e. The molecule has 2 aliphatic heterocycles. The van der Waals surface area contributed by atoms with Crippen LogP contribution in [0.25, 0.3) is 11.3 Å². The summed E-state index contributed by atoms with van der Waals surface area (Å²) >= 11 is 0. The lowest BCUT2D eigenvalue weighted by Crippen LogP contribution is -2.38. The lowest BCUT2D eigenvalue weighted by molar-refractivity contribution is -0.0349. The molecule has 0 saturated carbocycles. The van der Waals surface area contributed by atoms with Crippen LogP contribution < -0.4 is 10.6 Å². The molecular weight excluding hydrogens is 412 g/mol. The molecule has 0 radical (unpaired) electrons. The number of aryl methyl sites for hydroxylation is 1. The minimum atomic E-state index is -0.437. The largest absolute Gasteiger partial charge is 0.374 e. The van der Waals surface area contributed by atoms with E-state index in [2.05, 4.69) is 35.0 Å². The molecule has 2 N–H and O–H groups in total. The lowest BCUT2D eigenvalue weighted by Gasteiger charge is -2.33. The van der Waals surface area contributed by atoms with Crippen molar-refractivity contribution in [1.82, 2.24) is 9.88 Å². The number of carbonyl (C=O) groups excluding carboxylic acids is 1. The van der Waals surface area contributed by atoms with Crippen LogP contribution in [0.5, 0.6) is 0 Å². The van der Waals surface area contributed by atoms with Gasteiger partial charge >= 0.3 is 0 Å². The van der Waals surface area contributed by atoms with Crippen LogP contribution in [0.15, 0.2) is 60.7 Å². The number of amides is 1. The number of aromatic nitrogens is 1. The van der Waals surface area contributed by atoms with Gasteiger partial charge in [-0.05, 0) is 54.3 Å². The number of benzene rings is 2. The van der Waals surface area contributed by atoms with Gasteiger partial charge in [-0.2, -0.15) is 0 Å². The first-order valence-corrected chi connectivity index (χ1v) is 11.6. The van der Waals surface area contributed by atoms with Crippen molar-refractivity contribution in [3.8, 4) is 11.3 Å². The van der Waals surface area contributed by atoms with E-state index in [0.717, 1.165) is 49.6 Å². The molecular formula is C27H30N4O2. The van der Waals surface area contributed by atoms with Gasteiger partial charge in [-0.1, -0.05) is 30.3 Å². The molecule has 1 unspecified atom stereocenters. The first-order valence-electron chi connectivity index (χ1n) is 11.6. The van der Waals surface area contributed by atoms with Crippen molar-refractivity contribution in [3.63, 3.8) is 0 Å². The Hall–Kier alpha value is -3.22. The number of nitrogens with zero attached hydrogens (tertiary/aromatic N) is 3. The van der Waals surface area contributed by atoms with Crippen molar-refractivity contribution in [3.05, 3.63) is 83.0 Å². The van der Waals surface area contributed by atoms with E-state index >= 15 is 0 Å². The Bertz CT molecular complexity index is 1160. The van der Waals surface area contributed by atoms with Gasteiger partial charge in [0.15, 0.2) is 0 Å². The van der Waals surface area contributed by atoms with Gasteiger partial charge in [0.2, 0.25) is 5.91 Å². The van der Waals surface area contributed by atoms with Crippen LogP contribution in [0.1, 0.15) is 39.7 Å². The molecule has 1 atom stereocenters. The quantitative estimate of drug-likeness (QED) is 0.651. The maximum atomic E-state index is 11.6. The first kappa shape index (κ1) is 21.6. The second-order valence-electron chi connectivity index (χ2n) is 8.98. The monoisotopic (exact) mass is 442 g/mol. The highest BCUT2D eigenvalue weighted by Crippen LogP contribution is 2.29. The Morgan fingerprint density at radius 3 is 2.88 bits per heavy atom. The van der Waals surface area contributed by atoms with Gasteiger partial charge in [-0.3, -0.25) is 14.7 Å². The average Bonchev–Trinajstić information content (AvgIpc) is 2.84. The number of morpholine rings is 1. The summed E-state index contributed by atoms with van der Waals surface area (Å²) in [5.74, 6) is -0.437. The van der Waals surface area contributed by atoms with E-state index in [0.29, 0.717) is 12.2 Å². The van der Waals surface area contributed by atoms with E-state index in [1.807, 2.05) is 30.3 Å². The maximum Gasteiger partial charge on any atom is 0.248 e. The summed E-state index contributed by atoms with van der Waals surface area (Å²) < 4.78 is 6.10. The van der Waals surface area contributed by atoms with E-state index in [-0.39, 0.29) is 6.10 Å². The SMILES string of the molecule is CN1CCCc2cc(CN3CCOC(c4cccc(-c5cccc(C(N)=O)c5)n4)C3)ccc21. The number of primary amides is 1. The van der Waals surface area contributed by atoms with Crippen LogP contribution in [-0.2, 0) is 17.7 Å². The summed E-state index contributed by atoms with van der Waals surface area (Å²) in [4.78, 5) is 21.2. The molecule has 6 heteroatoms. The Morgan fingerprint density at radius 1 is 1.12 bits per heavy atom. The highest BCUT2D eigenvalue weighted by atomic mass is 16.5. The molecule has 0 spiro atoms. The van der Waals surface area contributed by atoms with E-state index in [1.165, 1.54) is 23.2 Å². The molecule has 2 aromatic carbocycles. The van der Waals surface area contributed by atoms with Gasteiger partial charge in [0, 0.05) is 50.0 Å². The van der Waals surface area contributed by atoms with Crippen molar-refractivity contribution >= 4 is 11.6 Å². The number of anilines is 1.